The second-order valence-electron chi connectivity index (χ2n) is 5.94. The van der Waals surface area contributed by atoms with Crippen LogP contribution in [0.1, 0.15) is 52.1 Å². The normalized spacial score (nSPS) is 23.6. The monoisotopic (exact) mass is 262 g/mol. The molecule has 0 amide bonds. The van der Waals surface area contributed by atoms with Gasteiger partial charge >= 0.3 is 0 Å². The topological polar surface area (TPSA) is 34.1 Å². The van der Waals surface area contributed by atoms with Crippen LogP contribution >= 0.6 is 0 Å². The van der Waals surface area contributed by atoms with Crippen molar-refractivity contribution in [1.29, 1.82) is 0 Å². The Kier molecular flexibility index (Phi) is 5.20. The first-order chi connectivity index (χ1) is 9.15. The third-order valence-electron chi connectivity index (χ3n) is 3.80. The van der Waals surface area contributed by atoms with E-state index >= 15 is 0 Å². The Morgan fingerprint density at radius 3 is 2.89 bits per heavy atom. The summed E-state index contributed by atoms with van der Waals surface area (Å²) in [5, 5.41) is 3.38. The second-order valence-corrected chi connectivity index (χ2v) is 5.94. The lowest BCUT2D eigenvalue weighted by molar-refractivity contribution is 0.102. The number of hydrogen-bond donors (Lipinski definition) is 1. The van der Waals surface area contributed by atoms with Gasteiger partial charge in [-0.25, -0.2) is 0 Å². The van der Waals surface area contributed by atoms with E-state index in [0.717, 1.165) is 18.0 Å². The first kappa shape index (κ1) is 14.3. The summed E-state index contributed by atoms with van der Waals surface area (Å²) in [7, 11) is 0. The molecule has 2 rings (SSSR count). The van der Waals surface area contributed by atoms with E-state index in [0.29, 0.717) is 18.1 Å². The van der Waals surface area contributed by atoms with E-state index in [1.807, 2.05) is 12.3 Å². The van der Waals surface area contributed by atoms with E-state index in [2.05, 4.69) is 37.1 Å². The predicted octanol–water partition coefficient (Wildman–Crippen LogP) is 3.54. The van der Waals surface area contributed by atoms with Crippen molar-refractivity contribution >= 4 is 0 Å². The molecule has 2 atom stereocenters. The van der Waals surface area contributed by atoms with Crippen LogP contribution in [0.15, 0.2) is 18.3 Å². The zero-order valence-electron chi connectivity index (χ0n) is 12.4. The van der Waals surface area contributed by atoms with Crippen LogP contribution in [0.5, 0.6) is 5.75 Å². The molecule has 1 aliphatic carbocycles. The molecule has 1 aromatic rings. The number of hydrogen-bond acceptors (Lipinski definition) is 3. The van der Waals surface area contributed by atoms with Crippen LogP contribution < -0.4 is 10.1 Å². The molecule has 1 fully saturated rings. The summed E-state index contributed by atoms with van der Waals surface area (Å²) >= 11 is 0. The lowest BCUT2D eigenvalue weighted by atomic mass is 9.88. The molecule has 0 spiro atoms. The van der Waals surface area contributed by atoms with Gasteiger partial charge in [-0.15, -0.1) is 0 Å². The molecule has 1 aromatic heterocycles. The lowest BCUT2D eigenvalue weighted by Crippen LogP contribution is -2.28. The van der Waals surface area contributed by atoms with Gasteiger partial charge in [0.25, 0.3) is 0 Å². The first-order valence-electron chi connectivity index (χ1n) is 7.50. The third-order valence-corrected chi connectivity index (χ3v) is 3.80. The Labute approximate surface area is 116 Å². The lowest BCUT2D eigenvalue weighted by Gasteiger charge is -2.29. The number of ether oxygens (including phenoxy) is 1. The van der Waals surface area contributed by atoms with Gasteiger partial charge in [-0.2, -0.15) is 0 Å². The van der Waals surface area contributed by atoms with Crippen LogP contribution in [0, 0.1) is 5.92 Å². The third kappa shape index (κ3) is 4.50. The maximum absolute atomic E-state index is 6.15. The minimum absolute atomic E-state index is 0.377. The van der Waals surface area contributed by atoms with Crippen molar-refractivity contribution in [2.24, 2.45) is 5.92 Å². The Morgan fingerprint density at radius 1 is 1.37 bits per heavy atom. The van der Waals surface area contributed by atoms with Crippen LogP contribution in [-0.4, -0.2) is 17.1 Å². The molecule has 0 radical (unpaired) electrons. The van der Waals surface area contributed by atoms with Gasteiger partial charge in [0.1, 0.15) is 11.9 Å². The minimum atomic E-state index is 0.377. The zero-order chi connectivity index (χ0) is 13.7. The molecule has 1 saturated carbocycles. The van der Waals surface area contributed by atoms with Gasteiger partial charge in [0.05, 0.1) is 5.69 Å². The van der Waals surface area contributed by atoms with Crippen molar-refractivity contribution in [2.45, 2.75) is 65.1 Å². The van der Waals surface area contributed by atoms with Crippen molar-refractivity contribution < 1.29 is 4.74 Å². The average molecular weight is 262 g/mol. The number of rotatable bonds is 5. The highest BCUT2D eigenvalue weighted by Crippen LogP contribution is 2.28. The highest BCUT2D eigenvalue weighted by molar-refractivity contribution is 5.23. The maximum atomic E-state index is 6.15. The quantitative estimate of drug-likeness (QED) is 0.881. The van der Waals surface area contributed by atoms with Gasteiger partial charge < -0.3 is 10.1 Å². The summed E-state index contributed by atoms with van der Waals surface area (Å²) < 4.78 is 6.15. The smallest absolute Gasteiger partial charge is 0.123 e. The van der Waals surface area contributed by atoms with Crippen molar-refractivity contribution in [3.63, 3.8) is 0 Å². The number of nitrogens with zero attached hydrogens (tertiary/aromatic N) is 1. The van der Waals surface area contributed by atoms with Gasteiger partial charge in [0.2, 0.25) is 0 Å². The van der Waals surface area contributed by atoms with Crippen molar-refractivity contribution in [3.8, 4) is 5.75 Å². The molecule has 0 saturated heterocycles. The average Bonchev–Trinajstić information content (AvgIpc) is 2.40. The highest BCUT2D eigenvalue weighted by Gasteiger charge is 2.22. The summed E-state index contributed by atoms with van der Waals surface area (Å²) in [6.07, 6.45) is 7.34. The number of nitrogens with one attached hydrogen (secondary N) is 1. The van der Waals surface area contributed by atoms with E-state index in [1.54, 1.807) is 0 Å². The Morgan fingerprint density at radius 2 is 2.16 bits per heavy atom. The summed E-state index contributed by atoms with van der Waals surface area (Å²) in [5.41, 5.74) is 1.05. The fraction of sp³-hybridized carbons (Fsp3) is 0.688. The molecule has 106 valence electrons. The number of aromatic nitrogens is 1. The first-order valence-corrected chi connectivity index (χ1v) is 7.50. The molecule has 2 unspecified atom stereocenters. The SMILES string of the molecule is CC(C)NCc1cc(OC2CCCCC2C)ccn1. The molecule has 19 heavy (non-hydrogen) atoms. The molecule has 1 N–H and O–H groups in total. The Bertz CT molecular complexity index is 392. The maximum Gasteiger partial charge on any atom is 0.123 e. The highest BCUT2D eigenvalue weighted by atomic mass is 16.5. The Balaban J connectivity index is 1.94. The van der Waals surface area contributed by atoms with Crippen molar-refractivity contribution in [3.05, 3.63) is 24.0 Å². The standard InChI is InChI=1S/C16H26N2O/c1-12(2)18-11-14-10-15(8-9-17-14)19-16-7-5-4-6-13(16)3/h8-10,12-13,16,18H,4-7,11H2,1-3H3. The molecule has 0 aliphatic heterocycles. The van der Waals surface area contributed by atoms with Gasteiger partial charge in [0, 0.05) is 24.8 Å². The molecular formula is C16H26N2O. The van der Waals surface area contributed by atoms with Gasteiger partial charge in [-0.3, -0.25) is 4.98 Å². The van der Waals surface area contributed by atoms with Gasteiger partial charge in [0.15, 0.2) is 0 Å². The fourth-order valence-electron chi connectivity index (χ4n) is 2.57. The molecule has 3 heteroatoms. The van der Waals surface area contributed by atoms with E-state index in [1.165, 1.54) is 25.7 Å². The largest absolute Gasteiger partial charge is 0.490 e. The summed E-state index contributed by atoms with van der Waals surface area (Å²) in [6, 6.07) is 4.52. The van der Waals surface area contributed by atoms with Crippen LogP contribution in [0.2, 0.25) is 0 Å². The van der Waals surface area contributed by atoms with E-state index in [4.69, 9.17) is 4.74 Å². The minimum Gasteiger partial charge on any atom is -0.490 e. The molecule has 1 heterocycles. The summed E-state index contributed by atoms with van der Waals surface area (Å²) in [6.45, 7) is 7.38. The molecule has 3 nitrogen and oxygen atoms in total. The van der Waals surface area contributed by atoms with Gasteiger partial charge in [-0.05, 0) is 31.2 Å². The zero-order valence-corrected chi connectivity index (χ0v) is 12.4. The predicted molar refractivity (Wildman–Crippen MR) is 78.3 cm³/mol. The fourth-order valence-corrected chi connectivity index (χ4v) is 2.57. The van der Waals surface area contributed by atoms with E-state index < -0.39 is 0 Å². The van der Waals surface area contributed by atoms with Crippen LogP contribution in [0.25, 0.3) is 0 Å². The van der Waals surface area contributed by atoms with Crippen LogP contribution in [0.3, 0.4) is 0 Å². The summed E-state index contributed by atoms with van der Waals surface area (Å²) in [5.74, 6) is 1.63. The van der Waals surface area contributed by atoms with Crippen LogP contribution in [-0.2, 0) is 6.54 Å². The molecule has 0 aromatic carbocycles. The summed E-state index contributed by atoms with van der Waals surface area (Å²) in [4.78, 5) is 4.38. The second kappa shape index (κ2) is 6.90. The molecule has 0 bridgehead atoms. The van der Waals surface area contributed by atoms with E-state index in [9.17, 15) is 0 Å². The van der Waals surface area contributed by atoms with Crippen molar-refractivity contribution in [2.75, 3.05) is 0 Å². The van der Waals surface area contributed by atoms with Crippen molar-refractivity contribution in [1.82, 2.24) is 10.3 Å². The molecular weight excluding hydrogens is 236 g/mol. The van der Waals surface area contributed by atoms with Crippen LogP contribution in [0.4, 0.5) is 0 Å². The van der Waals surface area contributed by atoms with Gasteiger partial charge in [-0.1, -0.05) is 27.2 Å². The number of pyridine rings is 1. The molecule has 1 aliphatic rings. The Hall–Kier alpha value is -1.09. The van der Waals surface area contributed by atoms with E-state index in [-0.39, 0.29) is 0 Å².